The fourth-order valence-electron chi connectivity index (χ4n) is 7.99. The van der Waals surface area contributed by atoms with Crippen molar-refractivity contribution in [1.82, 2.24) is 0 Å². The second kappa shape index (κ2) is 39.4. The van der Waals surface area contributed by atoms with Crippen molar-refractivity contribution in [1.29, 1.82) is 0 Å². The standard InChI is InChI=1S/C52H92O15/c1-3-5-7-9-11-13-15-17-19-20-21-23-25-27-29-31-33-35-44(55)65-40(37-62-43(54)34-32-30-28-26-24-22-18-16-14-12-10-8-6-4-2)38-63-51-50(61)48(59)46(57)42(67-51)39-64-52-49(60)47(58)45(56)41(36-53)66-52/h10,12-13,15-16,18,40-42,45-53,56-61H,3-9,11,14,17,19-39H2,1-2H3/b12-10+,15-13+,18-16+/t40-,41+,42+,45-,46-,47?,48?,49?,50?,51+,52+/m1/s1. The van der Waals surface area contributed by atoms with Gasteiger partial charge in [0.25, 0.3) is 0 Å². The molecule has 2 fully saturated rings. The minimum atomic E-state index is -1.77. The smallest absolute Gasteiger partial charge is 0.306 e. The zero-order valence-corrected chi connectivity index (χ0v) is 41.1. The molecule has 0 aromatic rings. The van der Waals surface area contributed by atoms with Crippen LogP contribution in [-0.2, 0) is 38.0 Å². The molecule has 2 saturated heterocycles. The van der Waals surface area contributed by atoms with Gasteiger partial charge in [0.05, 0.1) is 19.8 Å². The molecule has 2 heterocycles. The Kier molecular flexibility index (Phi) is 35.8. The van der Waals surface area contributed by atoms with Crippen molar-refractivity contribution < 1.29 is 73.8 Å². The Morgan fingerprint density at radius 2 is 0.910 bits per heavy atom. The van der Waals surface area contributed by atoms with Gasteiger partial charge in [0.15, 0.2) is 18.7 Å². The third kappa shape index (κ3) is 27.6. The zero-order valence-electron chi connectivity index (χ0n) is 41.1. The number of carbonyl (C=O) groups excluding carboxylic acids is 2. The molecule has 390 valence electrons. The molecule has 0 bridgehead atoms. The summed E-state index contributed by atoms with van der Waals surface area (Å²) in [5.41, 5.74) is 0. The zero-order chi connectivity index (χ0) is 48.9. The van der Waals surface area contributed by atoms with Gasteiger partial charge < -0.3 is 64.2 Å². The summed E-state index contributed by atoms with van der Waals surface area (Å²) in [5, 5.41) is 72.1. The molecule has 0 saturated carbocycles. The Morgan fingerprint density at radius 3 is 1.45 bits per heavy atom. The van der Waals surface area contributed by atoms with E-state index in [-0.39, 0.29) is 26.1 Å². The Labute approximate surface area is 402 Å². The van der Waals surface area contributed by atoms with Crippen molar-refractivity contribution in [2.75, 3.05) is 26.4 Å². The summed E-state index contributed by atoms with van der Waals surface area (Å²) in [6, 6.07) is 0. The third-order valence-electron chi connectivity index (χ3n) is 12.3. The topological polar surface area (TPSA) is 231 Å². The normalized spacial score (nSPS) is 26.2. The Hall–Kier alpha value is -2.28. The van der Waals surface area contributed by atoms with E-state index in [2.05, 4.69) is 50.3 Å². The molecule has 11 atom stereocenters. The van der Waals surface area contributed by atoms with Gasteiger partial charge in [-0.1, -0.05) is 147 Å². The van der Waals surface area contributed by atoms with Crippen LogP contribution in [0.5, 0.6) is 0 Å². The van der Waals surface area contributed by atoms with Crippen molar-refractivity contribution in [2.45, 2.75) is 255 Å². The molecule has 2 aliphatic heterocycles. The lowest BCUT2D eigenvalue weighted by molar-refractivity contribution is -0.332. The van der Waals surface area contributed by atoms with Crippen LogP contribution in [0.3, 0.4) is 0 Å². The van der Waals surface area contributed by atoms with Crippen LogP contribution in [0.2, 0.25) is 0 Å². The predicted molar refractivity (Wildman–Crippen MR) is 257 cm³/mol. The molecule has 15 heteroatoms. The van der Waals surface area contributed by atoms with Crippen LogP contribution in [0.1, 0.15) is 187 Å². The van der Waals surface area contributed by atoms with Gasteiger partial charge in [-0.2, -0.15) is 0 Å². The van der Waals surface area contributed by atoms with Crippen molar-refractivity contribution in [3.8, 4) is 0 Å². The number of hydrogen-bond donors (Lipinski definition) is 7. The van der Waals surface area contributed by atoms with Crippen LogP contribution < -0.4 is 0 Å². The molecule has 2 aliphatic rings. The molecule has 4 unspecified atom stereocenters. The molecular formula is C52H92O15. The van der Waals surface area contributed by atoms with Crippen LogP contribution >= 0.6 is 0 Å². The van der Waals surface area contributed by atoms with Gasteiger partial charge in [-0.15, -0.1) is 0 Å². The van der Waals surface area contributed by atoms with Crippen molar-refractivity contribution in [3.05, 3.63) is 36.5 Å². The van der Waals surface area contributed by atoms with Crippen LogP contribution in [0.15, 0.2) is 36.5 Å². The van der Waals surface area contributed by atoms with E-state index in [1.54, 1.807) is 0 Å². The number of hydrogen-bond acceptors (Lipinski definition) is 15. The lowest BCUT2D eigenvalue weighted by Gasteiger charge is -2.42. The molecule has 0 spiro atoms. The molecule has 0 aromatic heterocycles. The number of esters is 2. The fraction of sp³-hybridized carbons (Fsp3) is 0.846. The Morgan fingerprint density at radius 1 is 0.478 bits per heavy atom. The summed E-state index contributed by atoms with van der Waals surface area (Å²) in [7, 11) is 0. The highest BCUT2D eigenvalue weighted by molar-refractivity contribution is 5.70. The van der Waals surface area contributed by atoms with Gasteiger partial charge in [0, 0.05) is 12.8 Å². The van der Waals surface area contributed by atoms with E-state index in [0.717, 1.165) is 70.6 Å². The van der Waals surface area contributed by atoms with E-state index in [4.69, 9.17) is 28.4 Å². The molecular weight excluding hydrogens is 865 g/mol. The maximum Gasteiger partial charge on any atom is 0.306 e. The summed E-state index contributed by atoms with van der Waals surface area (Å²) in [6.07, 6.45) is 24.5. The largest absolute Gasteiger partial charge is 0.462 e. The van der Waals surface area contributed by atoms with E-state index in [1.807, 2.05) is 0 Å². The SMILES string of the molecule is CCCC/C=C/C/C=C/CCCCCCCC(=O)OC[C@H](CO[C@H]1O[C@@H](CO[C@H]2O[C@@H](CO)[C@@H](O)C(O)C2O)[C@@H](O)C(O)C1O)OC(=O)CCCCCCCCCCC/C=C/CCCCCC. The minimum absolute atomic E-state index is 0.160. The summed E-state index contributed by atoms with van der Waals surface area (Å²) in [4.78, 5) is 25.8. The first kappa shape index (κ1) is 60.8. The van der Waals surface area contributed by atoms with Crippen molar-refractivity contribution >= 4 is 11.9 Å². The van der Waals surface area contributed by atoms with E-state index in [1.165, 1.54) is 77.0 Å². The number of unbranched alkanes of at least 4 members (excludes halogenated alkanes) is 20. The van der Waals surface area contributed by atoms with Crippen molar-refractivity contribution in [2.24, 2.45) is 0 Å². The molecule has 15 nitrogen and oxygen atoms in total. The Balaban J connectivity index is 1.81. The number of aliphatic hydroxyl groups is 7. The maximum atomic E-state index is 13.0. The van der Waals surface area contributed by atoms with E-state index in [9.17, 15) is 45.3 Å². The second-order valence-electron chi connectivity index (χ2n) is 18.3. The highest BCUT2D eigenvalue weighted by Crippen LogP contribution is 2.26. The lowest BCUT2D eigenvalue weighted by atomic mass is 9.98. The summed E-state index contributed by atoms with van der Waals surface area (Å²) in [6.45, 7) is 2.52. The van der Waals surface area contributed by atoms with Gasteiger partial charge in [-0.3, -0.25) is 9.59 Å². The lowest BCUT2D eigenvalue weighted by Crippen LogP contribution is -2.61. The first-order valence-corrected chi connectivity index (χ1v) is 26.1. The summed E-state index contributed by atoms with van der Waals surface area (Å²) < 4.78 is 33.6. The van der Waals surface area contributed by atoms with Gasteiger partial charge >= 0.3 is 11.9 Å². The molecule has 67 heavy (non-hydrogen) atoms. The summed E-state index contributed by atoms with van der Waals surface area (Å²) >= 11 is 0. The Bertz CT molecular complexity index is 1310. The third-order valence-corrected chi connectivity index (χ3v) is 12.3. The van der Waals surface area contributed by atoms with E-state index < -0.39 is 92.7 Å². The van der Waals surface area contributed by atoms with Gasteiger partial charge in [-0.25, -0.2) is 0 Å². The fourth-order valence-corrected chi connectivity index (χ4v) is 7.99. The minimum Gasteiger partial charge on any atom is -0.462 e. The van der Waals surface area contributed by atoms with Gasteiger partial charge in [-0.05, 0) is 64.2 Å². The van der Waals surface area contributed by atoms with Crippen LogP contribution in [0, 0.1) is 0 Å². The maximum absolute atomic E-state index is 13.0. The predicted octanol–water partition coefficient (Wildman–Crippen LogP) is 7.32. The monoisotopic (exact) mass is 957 g/mol. The summed E-state index contributed by atoms with van der Waals surface area (Å²) in [5.74, 6) is -0.941. The quantitative estimate of drug-likeness (QED) is 0.0181. The van der Waals surface area contributed by atoms with E-state index >= 15 is 0 Å². The number of aliphatic hydroxyl groups excluding tert-OH is 7. The van der Waals surface area contributed by atoms with Gasteiger partial charge in [0.2, 0.25) is 0 Å². The number of ether oxygens (including phenoxy) is 6. The molecule has 0 radical (unpaired) electrons. The molecule has 0 aliphatic carbocycles. The van der Waals surface area contributed by atoms with Crippen LogP contribution in [0.4, 0.5) is 0 Å². The first-order valence-electron chi connectivity index (χ1n) is 26.1. The molecule has 2 rings (SSSR count). The average molecular weight is 957 g/mol. The highest BCUT2D eigenvalue weighted by atomic mass is 16.7. The van der Waals surface area contributed by atoms with Crippen molar-refractivity contribution in [3.63, 3.8) is 0 Å². The number of rotatable bonds is 40. The average Bonchev–Trinajstić information content (AvgIpc) is 3.32. The molecule has 0 amide bonds. The van der Waals surface area contributed by atoms with Crippen LogP contribution in [-0.4, -0.2) is 142 Å². The molecule has 7 N–H and O–H groups in total. The van der Waals surface area contributed by atoms with Crippen LogP contribution in [0.25, 0.3) is 0 Å². The van der Waals surface area contributed by atoms with E-state index in [0.29, 0.717) is 12.8 Å². The first-order chi connectivity index (χ1) is 32.5. The second-order valence-corrected chi connectivity index (χ2v) is 18.3. The number of allylic oxidation sites excluding steroid dienone is 6. The molecule has 0 aromatic carbocycles. The number of carbonyl (C=O) groups is 2. The van der Waals surface area contributed by atoms with Gasteiger partial charge in [0.1, 0.15) is 55.4 Å². The highest BCUT2D eigenvalue weighted by Gasteiger charge is 2.47.